The zero-order valence-electron chi connectivity index (χ0n) is 35.8. The smallest absolute Gasteiger partial charge is 0.328 e. The minimum Gasteiger partial charge on any atom is -0.371 e. The van der Waals surface area contributed by atoms with E-state index in [9.17, 15) is 14.4 Å². The van der Waals surface area contributed by atoms with Crippen molar-refractivity contribution in [2.75, 3.05) is 72.4 Å². The number of urea groups is 1. The molecule has 5 aromatic rings. The maximum atomic E-state index is 15.1. The fourth-order valence-electron chi connectivity index (χ4n) is 8.27. The third kappa shape index (κ3) is 9.67. The first kappa shape index (κ1) is 42.2. The van der Waals surface area contributed by atoms with Crippen LogP contribution < -0.4 is 30.7 Å². The van der Waals surface area contributed by atoms with E-state index < -0.39 is 17.8 Å². The summed E-state index contributed by atoms with van der Waals surface area (Å²) < 4.78 is 20.3. The van der Waals surface area contributed by atoms with E-state index in [1.54, 1.807) is 6.07 Å². The molecule has 6 heterocycles. The summed E-state index contributed by atoms with van der Waals surface area (Å²) in [4.78, 5) is 62.9. The van der Waals surface area contributed by atoms with Crippen LogP contribution in [0, 0.1) is 18.7 Å². The molecule has 17 heteroatoms. The third-order valence-corrected chi connectivity index (χ3v) is 11.9. The van der Waals surface area contributed by atoms with Crippen LogP contribution in [0.25, 0.3) is 11.3 Å². The molecule has 3 N–H and O–H groups in total. The highest BCUT2D eigenvalue weighted by Gasteiger charge is 2.29. The lowest BCUT2D eigenvalue weighted by Gasteiger charge is -2.40. The second kappa shape index (κ2) is 17.8. The second-order valence-electron chi connectivity index (χ2n) is 17.4. The van der Waals surface area contributed by atoms with Crippen molar-refractivity contribution in [2.45, 2.75) is 65.3 Å². The second-order valence-corrected chi connectivity index (χ2v) is 17.4. The van der Waals surface area contributed by atoms with E-state index in [1.807, 2.05) is 77.2 Å². The number of carbonyl (C=O) groups is 3. The number of anilines is 5. The summed E-state index contributed by atoms with van der Waals surface area (Å²) >= 11 is 0. The Bertz CT molecular complexity index is 2420. The molecule has 1 atom stereocenters. The lowest BCUT2D eigenvalue weighted by molar-refractivity contribution is -0.120. The predicted molar refractivity (Wildman–Crippen MR) is 234 cm³/mol. The maximum absolute atomic E-state index is 15.1. The summed E-state index contributed by atoms with van der Waals surface area (Å²) in [5.41, 5.74) is 5.38. The molecule has 324 valence electrons. The predicted octanol–water partition coefficient (Wildman–Crippen LogP) is 6.39. The number of aromatic nitrogens is 5. The molecular formula is C45H53FN12O4. The summed E-state index contributed by atoms with van der Waals surface area (Å²) in [7, 11) is 0. The van der Waals surface area contributed by atoms with Crippen molar-refractivity contribution in [3.63, 3.8) is 0 Å². The highest BCUT2D eigenvalue weighted by molar-refractivity contribution is 6.05. The van der Waals surface area contributed by atoms with Gasteiger partial charge in [0.05, 0.1) is 29.3 Å². The maximum Gasteiger partial charge on any atom is 0.328 e. The number of pyridine rings is 1. The van der Waals surface area contributed by atoms with Gasteiger partial charge in [0, 0.05) is 81.5 Å². The van der Waals surface area contributed by atoms with Gasteiger partial charge in [-0.25, -0.2) is 24.1 Å². The fourth-order valence-corrected chi connectivity index (χ4v) is 8.27. The zero-order valence-corrected chi connectivity index (χ0v) is 35.8. The van der Waals surface area contributed by atoms with E-state index in [0.717, 1.165) is 92.4 Å². The SMILES string of the molecule is Cc1cc(-c2cc(Nc3ccc(N4CCN(CC5CCN(c6ccc(N7CCC(=O)NC7=O)c(F)c6)CC5)CC4)cn3)ncn2)ccc1[C@@H](C)NC(=O)c1nc(C(C)(C)C)no1. The summed E-state index contributed by atoms with van der Waals surface area (Å²) in [5.74, 6) is 1.08. The van der Waals surface area contributed by atoms with Crippen LogP contribution in [0.3, 0.4) is 0 Å². The largest absolute Gasteiger partial charge is 0.371 e. The average molecular weight is 845 g/mol. The Morgan fingerprint density at radius 1 is 0.903 bits per heavy atom. The van der Waals surface area contributed by atoms with Crippen LogP contribution >= 0.6 is 0 Å². The van der Waals surface area contributed by atoms with Gasteiger partial charge >= 0.3 is 17.8 Å². The van der Waals surface area contributed by atoms with Crippen LogP contribution in [-0.2, 0) is 10.2 Å². The number of benzene rings is 2. The number of hydrogen-bond donors (Lipinski definition) is 3. The molecule has 8 rings (SSSR count). The number of piperazine rings is 1. The summed E-state index contributed by atoms with van der Waals surface area (Å²) in [6.07, 6.45) is 5.64. The third-order valence-electron chi connectivity index (χ3n) is 11.9. The average Bonchev–Trinajstić information content (AvgIpc) is 3.77. The fraction of sp³-hybridized carbons (Fsp3) is 0.422. The number of nitrogens with one attached hydrogen (secondary N) is 3. The molecule has 3 fully saturated rings. The Morgan fingerprint density at radius 2 is 1.66 bits per heavy atom. The van der Waals surface area contributed by atoms with Crippen molar-refractivity contribution in [1.29, 1.82) is 0 Å². The number of hydrogen-bond acceptors (Lipinski definition) is 13. The van der Waals surface area contributed by atoms with Crippen molar-refractivity contribution in [1.82, 2.24) is 40.6 Å². The number of nitrogens with zero attached hydrogens (tertiary/aromatic N) is 9. The molecule has 3 aliphatic rings. The molecule has 2 aromatic carbocycles. The van der Waals surface area contributed by atoms with Crippen molar-refractivity contribution in [3.05, 3.63) is 95.8 Å². The number of halogens is 1. The van der Waals surface area contributed by atoms with E-state index in [-0.39, 0.29) is 41.9 Å². The highest BCUT2D eigenvalue weighted by Crippen LogP contribution is 2.31. The van der Waals surface area contributed by atoms with Crippen molar-refractivity contribution < 1.29 is 23.3 Å². The lowest BCUT2D eigenvalue weighted by atomic mass is 9.95. The monoisotopic (exact) mass is 844 g/mol. The summed E-state index contributed by atoms with van der Waals surface area (Å²) in [6.45, 7) is 16.5. The van der Waals surface area contributed by atoms with Gasteiger partial charge in [-0.1, -0.05) is 38.1 Å². The molecule has 16 nitrogen and oxygen atoms in total. The van der Waals surface area contributed by atoms with Crippen molar-refractivity contribution in [2.24, 2.45) is 5.92 Å². The molecule has 3 aliphatic heterocycles. The molecule has 0 bridgehead atoms. The Hall–Kier alpha value is -6.49. The number of piperidine rings is 1. The Kier molecular flexibility index (Phi) is 12.2. The lowest BCUT2D eigenvalue weighted by Crippen LogP contribution is -2.50. The molecular weight excluding hydrogens is 792 g/mol. The number of rotatable bonds is 11. The summed E-state index contributed by atoms with van der Waals surface area (Å²) in [5, 5.41) is 12.5. The van der Waals surface area contributed by atoms with Gasteiger partial charge in [-0.05, 0) is 80.1 Å². The number of imide groups is 1. The molecule has 3 saturated heterocycles. The molecule has 0 unspecified atom stereocenters. The topological polar surface area (TPSA) is 178 Å². The first-order valence-corrected chi connectivity index (χ1v) is 21.2. The van der Waals surface area contributed by atoms with E-state index in [4.69, 9.17) is 9.51 Å². The van der Waals surface area contributed by atoms with Crippen LogP contribution in [0.15, 0.2) is 71.6 Å². The molecule has 62 heavy (non-hydrogen) atoms. The van der Waals surface area contributed by atoms with Crippen LogP contribution in [0.1, 0.15) is 80.6 Å². The Labute approximate surface area is 360 Å². The quantitative estimate of drug-likeness (QED) is 0.134. The van der Waals surface area contributed by atoms with Crippen LogP contribution in [-0.4, -0.2) is 100 Å². The van der Waals surface area contributed by atoms with Gasteiger partial charge in [0.25, 0.3) is 0 Å². The van der Waals surface area contributed by atoms with Gasteiger partial charge in [0.2, 0.25) is 5.91 Å². The van der Waals surface area contributed by atoms with E-state index in [0.29, 0.717) is 23.4 Å². The zero-order chi connectivity index (χ0) is 43.5. The van der Waals surface area contributed by atoms with E-state index >= 15 is 4.39 Å². The van der Waals surface area contributed by atoms with Gasteiger partial charge in [-0.2, -0.15) is 4.98 Å². The van der Waals surface area contributed by atoms with Gasteiger partial charge in [0.15, 0.2) is 5.82 Å². The molecule has 0 saturated carbocycles. The van der Waals surface area contributed by atoms with E-state index in [1.165, 1.54) is 17.3 Å². The first-order valence-electron chi connectivity index (χ1n) is 21.2. The number of amides is 4. The molecule has 0 aliphatic carbocycles. The van der Waals surface area contributed by atoms with Crippen molar-refractivity contribution >= 4 is 46.5 Å². The minimum atomic E-state index is -0.586. The van der Waals surface area contributed by atoms with Crippen LogP contribution in [0.4, 0.5) is 37.9 Å². The minimum absolute atomic E-state index is 0.0582. The summed E-state index contributed by atoms with van der Waals surface area (Å²) in [6, 6.07) is 16.1. The molecule has 4 amide bonds. The number of carbonyl (C=O) groups excluding carboxylic acids is 3. The van der Waals surface area contributed by atoms with Gasteiger partial charge < -0.3 is 25.0 Å². The first-order chi connectivity index (χ1) is 29.8. The van der Waals surface area contributed by atoms with Crippen LogP contribution in [0.2, 0.25) is 0 Å². The van der Waals surface area contributed by atoms with E-state index in [2.05, 4.69) is 56.8 Å². The highest BCUT2D eigenvalue weighted by atomic mass is 19.1. The Morgan fingerprint density at radius 3 is 2.34 bits per heavy atom. The van der Waals surface area contributed by atoms with Gasteiger partial charge in [0.1, 0.15) is 23.8 Å². The van der Waals surface area contributed by atoms with Crippen LogP contribution in [0.5, 0.6) is 0 Å². The van der Waals surface area contributed by atoms with Gasteiger partial charge in [-0.15, -0.1) is 0 Å². The van der Waals surface area contributed by atoms with Gasteiger partial charge in [-0.3, -0.25) is 24.7 Å². The standard InChI is InChI=1S/C45H53FN12O4/c1-28-22-31(6-9-34(28)29(2)50-41(60)42-53-43(54-62-42)45(3,4)5)36-24-39(49-27-48-36)51-38-11-8-33(25-47-38)57-20-18-55(19-21-57)26-30-12-15-56(16-13-30)32-7-10-37(35(46)23-32)58-17-14-40(59)52-44(58)61/h6-11,22-25,27,29-30H,12-21,26H2,1-5H3,(H,50,60)(H,52,59,61)(H,47,48,49,51)/t29-/m1/s1. The molecule has 3 aromatic heterocycles. The molecule has 0 spiro atoms. The molecule has 0 radical (unpaired) electrons. The normalized spacial score (nSPS) is 17.2. The Balaban J connectivity index is 0.787. The number of aryl methyl sites for hydroxylation is 1. The van der Waals surface area contributed by atoms with Crippen molar-refractivity contribution in [3.8, 4) is 11.3 Å².